The van der Waals surface area contributed by atoms with E-state index in [1.165, 1.54) is 17.0 Å². The molecule has 0 fully saturated rings. The zero-order valence-electron chi connectivity index (χ0n) is 15.9. The molecule has 0 bridgehead atoms. The molecule has 1 atom stereocenters. The third-order valence-corrected chi connectivity index (χ3v) is 4.49. The maximum absolute atomic E-state index is 13.2. The van der Waals surface area contributed by atoms with Crippen molar-refractivity contribution in [1.82, 2.24) is 4.98 Å². The molecule has 0 saturated heterocycles. The summed E-state index contributed by atoms with van der Waals surface area (Å²) in [6, 6.07) is 7.26. The quantitative estimate of drug-likeness (QED) is 0.835. The van der Waals surface area contributed by atoms with Crippen LogP contribution in [0.4, 0.5) is 20.7 Å². The molecule has 1 aliphatic rings. The lowest BCUT2D eigenvalue weighted by Crippen LogP contribution is -2.44. The molecule has 1 aromatic heterocycles. The van der Waals surface area contributed by atoms with E-state index < -0.39 is 6.09 Å². The van der Waals surface area contributed by atoms with Crippen molar-refractivity contribution in [2.75, 3.05) is 16.8 Å². The minimum absolute atomic E-state index is 0.155. The van der Waals surface area contributed by atoms with Gasteiger partial charge >= 0.3 is 6.09 Å². The van der Waals surface area contributed by atoms with E-state index >= 15 is 0 Å². The number of carboxylic acid groups (broad SMARTS) is 1. The number of carbonyl (C=O) groups excluding carboxylic acids is 1. The van der Waals surface area contributed by atoms with E-state index in [0.717, 1.165) is 5.56 Å². The first-order valence-corrected chi connectivity index (χ1v) is 9.00. The molecule has 1 unspecified atom stereocenters. The van der Waals surface area contributed by atoms with E-state index in [0.29, 0.717) is 23.5 Å². The molecule has 0 radical (unpaired) electrons. The average Bonchev–Trinajstić information content (AvgIpc) is 2.63. The van der Waals surface area contributed by atoms with Gasteiger partial charge in [0.05, 0.1) is 6.04 Å². The number of carbonyl (C=O) groups is 2. The zero-order chi connectivity index (χ0) is 20.4. The van der Waals surface area contributed by atoms with Gasteiger partial charge in [-0.25, -0.2) is 9.18 Å². The van der Waals surface area contributed by atoms with Gasteiger partial charge in [-0.05, 0) is 30.7 Å². The standard InChI is InChI=1S/C20H22FN3O4/c1-11(2)18(25)22-17-14(8-13-4-6-15(21)7-5-13)9-16-19(23-17)28-10-12(3)24(16)20(26)27/h4-7,9,11-12H,8,10H2,1-3H3,(H,26,27)(H,22,23,25). The highest BCUT2D eigenvalue weighted by Gasteiger charge is 2.32. The van der Waals surface area contributed by atoms with Crippen molar-refractivity contribution in [3.05, 3.63) is 47.3 Å². The normalized spacial score (nSPS) is 15.8. The van der Waals surface area contributed by atoms with Gasteiger partial charge in [0.15, 0.2) is 0 Å². The molecule has 0 saturated carbocycles. The highest BCUT2D eigenvalue weighted by Crippen LogP contribution is 2.36. The predicted octanol–water partition coefficient (Wildman–Crippen LogP) is 3.67. The van der Waals surface area contributed by atoms with Crippen molar-refractivity contribution in [2.24, 2.45) is 5.92 Å². The van der Waals surface area contributed by atoms with E-state index in [4.69, 9.17) is 4.74 Å². The number of rotatable bonds is 4. The number of amides is 2. The summed E-state index contributed by atoms with van der Waals surface area (Å²) in [5, 5.41) is 12.4. The van der Waals surface area contributed by atoms with Crippen LogP contribution in [0.3, 0.4) is 0 Å². The van der Waals surface area contributed by atoms with Crippen LogP contribution in [0.25, 0.3) is 0 Å². The Morgan fingerprint density at radius 1 is 1.36 bits per heavy atom. The number of aromatic nitrogens is 1. The molecular formula is C20H22FN3O4. The summed E-state index contributed by atoms with van der Waals surface area (Å²) in [7, 11) is 0. The first kappa shape index (κ1) is 19.6. The van der Waals surface area contributed by atoms with E-state index in [9.17, 15) is 19.1 Å². The molecule has 0 aliphatic carbocycles. The molecule has 2 amide bonds. The number of anilines is 2. The first-order chi connectivity index (χ1) is 13.3. The molecule has 7 nitrogen and oxygen atoms in total. The predicted molar refractivity (Wildman–Crippen MR) is 102 cm³/mol. The fourth-order valence-electron chi connectivity index (χ4n) is 2.93. The SMILES string of the molecule is CC(C)C(=O)Nc1nc2c(cc1Cc1ccc(F)cc1)N(C(=O)O)C(C)CO2. The van der Waals surface area contributed by atoms with Gasteiger partial charge in [0, 0.05) is 17.9 Å². The molecular weight excluding hydrogens is 365 g/mol. The fourth-order valence-corrected chi connectivity index (χ4v) is 2.93. The molecule has 2 aromatic rings. The summed E-state index contributed by atoms with van der Waals surface area (Å²) in [4.78, 5) is 29.5. The van der Waals surface area contributed by atoms with E-state index in [-0.39, 0.29) is 36.2 Å². The van der Waals surface area contributed by atoms with Crippen LogP contribution in [0.2, 0.25) is 0 Å². The van der Waals surface area contributed by atoms with Gasteiger partial charge in [0.2, 0.25) is 11.8 Å². The van der Waals surface area contributed by atoms with Gasteiger partial charge in [-0.1, -0.05) is 26.0 Å². The third kappa shape index (κ3) is 4.05. The van der Waals surface area contributed by atoms with Gasteiger partial charge in [-0.3, -0.25) is 9.69 Å². The number of halogens is 1. The van der Waals surface area contributed by atoms with Crippen LogP contribution in [-0.2, 0) is 11.2 Å². The van der Waals surface area contributed by atoms with E-state index in [1.807, 2.05) is 0 Å². The molecule has 2 heterocycles. The Hall–Kier alpha value is -3.16. The number of hydrogen-bond donors (Lipinski definition) is 2. The topological polar surface area (TPSA) is 91.8 Å². The second-order valence-electron chi connectivity index (χ2n) is 7.08. The highest BCUT2D eigenvalue weighted by atomic mass is 19.1. The second kappa shape index (κ2) is 7.84. The van der Waals surface area contributed by atoms with Crippen molar-refractivity contribution in [1.29, 1.82) is 0 Å². The minimum Gasteiger partial charge on any atom is -0.474 e. The van der Waals surface area contributed by atoms with Crippen LogP contribution in [0.1, 0.15) is 31.9 Å². The van der Waals surface area contributed by atoms with Crippen molar-refractivity contribution in [2.45, 2.75) is 33.2 Å². The Labute approximate surface area is 162 Å². The van der Waals surface area contributed by atoms with Crippen LogP contribution in [-0.4, -0.2) is 34.7 Å². The Morgan fingerprint density at radius 2 is 2.04 bits per heavy atom. The summed E-state index contributed by atoms with van der Waals surface area (Å²) >= 11 is 0. The molecule has 1 aromatic carbocycles. The summed E-state index contributed by atoms with van der Waals surface area (Å²) < 4.78 is 18.8. The second-order valence-corrected chi connectivity index (χ2v) is 7.08. The smallest absolute Gasteiger partial charge is 0.412 e. The maximum Gasteiger partial charge on any atom is 0.412 e. The van der Waals surface area contributed by atoms with Gasteiger partial charge in [-0.15, -0.1) is 0 Å². The number of nitrogens with one attached hydrogen (secondary N) is 1. The van der Waals surface area contributed by atoms with Crippen molar-refractivity contribution >= 4 is 23.5 Å². The Morgan fingerprint density at radius 3 is 2.64 bits per heavy atom. The molecule has 2 N–H and O–H groups in total. The van der Waals surface area contributed by atoms with Gasteiger partial charge < -0.3 is 15.2 Å². The first-order valence-electron chi connectivity index (χ1n) is 9.00. The van der Waals surface area contributed by atoms with E-state index in [2.05, 4.69) is 10.3 Å². The van der Waals surface area contributed by atoms with Crippen molar-refractivity contribution in [3.8, 4) is 5.88 Å². The Bertz CT molecular complexity index is 899. The van der Waals surface area contributed by atoms with Crippen LogP contribution in [0.5, 0.6) is 5.88 Å². The monoisotopic (exact) mass is 387 g/mol. The Kier molecular flexibility index (Phi) is 5.48. The minimum atomic E-state index is -1.11. The molecule has 3 rings (SSSR count). The van der Waals surface area contributed by atoms with Gasteiger partial charge in [-0.2, -0.15) is 4.98 Å². The number of fused-ring (bicyclic) bond motifs is 1. The number of nitrogens with zero attached hydrogens (tertiary/aromatic N) is 2. The number of ether oxygens (including phenoxy) is 1. The molecule has 148 valence electrons. The van der Waals surface area contributed by atoms with Gasteiger partial charge in [0.25, 0.3) is 0 Å². The van der Waals surface area contributed by atoms with Crippen LogP contribution < -0.4 is 15.0 Å². The number of pyridine rings is 1. The van der Waals surface area contributed by atoms with E-state index in [1.54, 1.807) is 39.0 Å². The average molecular weight is 387 g/mol. The fraction of sp³-hybridized carbons (Fsp3) is 0.350. The van der Waals surface area contributed by atoms with Gasteiger partial charge in [0.1, 0.15) is 23.9 Å². The van der Waals surface area contributed by atoms with Crippen molar-refractivity contribution < 1.29 is 23.8 Å². The lowest BCUT2D eigenvalue weighted by molar-refractivity contribution is -0.118. The summed E-state index contributed by atoms with van der Waals surface area (Å²) in [6.45, 7) is 5.43. The lowest BCUT2D eigenvalue weighted by atomic mass is 10.0. The lowest BCUT2D eigenvalue weighted by Gasteiger charge is -2.33. The van der Waals surface area contributed by atoms with Crippen LogP contribution >= 0.6 is 0 Å². The summed E-state index contributed by atoms with van der Waals surface area (Å²) in [6.07, 6.45) is -0.763. The summed E-state index contributed by atoms with van der Waals surface area (Å²) in [5.41, 5.74) is 1.74. The largest absolute Gasteiger partial charge is 0.474 e. The zero-order valence-corrected chi connectivity index (χ0v) is 15.9. The summed E-state index contributed by atoms with van der Waals surface area (Å²) in [5.74, 6) is -0.357. The molecule has 28 heavy (non-hydrogen) atoms. The number of benzene rings is 1. The maximum atomic E-state index is 13.2. The molecule has 1 aliphatic heterocycles. The Balaban J connectivity index is 2.06. The van der Waals surface area contributed by atoms with Crippen LogP contribution in [0.15, 0.2) is 30.3 Å². The third-order valence-electron chi connectivity index (χ3n) is 4.49. The van der Waals surface area contributed by atoms with Crippen LogP contribution in [0, 0.1) is 11.7 Å². The molecule has 8 heteroatoms. The number of hydrogen-bond acceptors (Lipinski definition) is 4. The molecule has 0 spiro atoms. The highest BCUT2D eigenvalue weighted by molar-refractivity contribution is 5.94. The van der Waals surface area contributed by atoms with Crippen molar-refractivity contribution in [3.63, 3.8) is 0 Å².